The summed E-state index contributed by atoms with van der Waals surface area (Å²) in [6, 6.07) is 0. The Hall–Kier alpha value is -2.18. The molecule has 2 rings (SSSR count). The molecule has 0 aromatic carbocycles. The van der Waals surface area contributed by atoms with E-state index in [4.69, 9.17) is 11.5 Å². The number of nitrogens with zero attached hydrogens (tertiary/aromatic N) is 4. The molecule has 0 fully saturated rings. The van der Waals surface area contributed by atoms with E-state index in [1.54, 1.807) is 0 Å². The van der Waals surface area contributed by atoms with Gasteiger partial charge in [-0.05, 0) is 20.3 Å². The van der Waals surface area contributed by atoms with Gasteiger partial charge >= 0.3 is 0 Å². The zero-order valence-electron chi connectivity index (χ0n) is 9.86. The maximum absolute atomic E-state index is 5.50. The number of H-pyrrole nitrogens is 1. The molecule has 5 N–H and O–H groups in total. The Bertz CT molecular complexity index is 511. The van der Waals surface area contributed by atoms with Crippen LogP contribution >= 0.6 is 0 Å². The van der Waals surface area contributed by atoms with Gasteiger partial charge in [0.1, 0.15) is 11.6 Å². The normalized spacial score (nSPS) is 10.7. The lowest BCUT2D eigenvalue weighted by molar-refractivity contribution is 0.826. The molecule has 0 aliphatic rings. The summed E-state index contributed by atoms with van der Waals surface area (Å²) < 4.78 is 0. The number of hydrogen-bond acceptors (Lipinski definition) is 6. The van der Waals surface area contributed by atoms with Gasteiger partial charge in [-0.25, -0.2) is 4.98 Å². The van der Waals surface area contributed by atoms with Crippen molar-refractivity contribution in [3.8, 4) is 0 Å². The van der Waals surface area contributed by atoms with Crippen molar-refractivity contribution in [1.82, 2.24) is 24.9 Å². The molecule has 0 aliphatic carbocycles. The van der Waals surface area contributed by atoms with Crippen molar-refractivity contribution < 1.29 is 0 Å². The van der Waals surface area contributed by atoms with Crippen LogP contribution in [0.15, 0.2) is 0 Å². The van der Waals surface area contributed by atoms with E-state index >= 15 is 0 Å². The first kappa shape index (κ1) is 11.3. The fourth-order valence-corrected chi connectivity index (χ4v) is 1.70. The molecule has 0 unspecified atom stereocenters. The average Bonchev–Trinajstić information content (AvgIpc) is 2.53. The Morgan fingerprint density at radius 2 is 1.59 bits per heavy atom. The first-order chi connectivity index (χ1) is 8.04. The van der Waals surface area contributed by atoms with Gasteiger partial charge in [0.05, 0.1) is 5.69 Å². The van der Waals surface area contributed by atoms with Gasteiger partial charge < -0.3 is 16.5 Å². The van der Waals surface area contributed by atoms with Gasteiger partial charge in [-0.15, -0.1) is 0 Å². The van der Waals surface area contributed by atoms with Crippen LogP contribution in [0, 0.1) is 13.8 Å². The molecule has 0 aliphatic heterocycles. The van der Waals surface area contributed by atoms with Gasteiger partial charge in [-0.3, -0.25) is 0 Å². The van der Waals surface area contributed by atoms with E-state index in [0.717, 1.165) is 23.6 Å². The third-order valence-electron chi connectivity index (χ3n) is 2.42. The summed E-state index contributed by atoms with van der Waals surface area (Å²) in [5, 5.41) is 0. The maximum Gasteiger partial charge on any atom is 0.225 e. The molecule has 0 amide bonds. The molecule has 0 saturated carbocycles. The first-order valence-corrected chi connectivity index (χ1v) is 5.32. The standard InChI is InChI=1S/C10H15N7/c1-5-7(14-6(2)13-5)3-4-8-15-9(11)17-10(12)16-8/h3-4H2,1-2H3,(H,13,14)(H4,11,12,15,16,17). The largest absolute Gasteiger partial charge is 0.368 e. The van der Waals surface area contributed by atoms with Crippen molar-refractivity contribution in [2.45, 2.75) is 26.7 Å². The molecule has 17 heavy (non-hydrogen) atoms. The van der Waals surface area contributed by atoms with Gasteiger partial charge in [-0.1, -0.05) is 0 Å². The van der Waals surface area contributed by atoms with E-state index < -0.39 is 0 Å². The second-order valence-electron chi connectivity index (χ2n) is 3.85. The summed E-state index contributed by atoms with van der Waals surface area (Å²) in [5.41, 5.74) is 13.1. The average molecular weight is 233 g/mol. The molecule has 7 heteroatoms. The van der Waals surface area contributed by atoms with Crippen molar-refractivity contribution in [2.75, 3.05) is 11.5 Å². The van der Waals surface area contributed by atoms with Crippen LogP contribution in [0.4, 0.5) is 11.9 Å². The van der Waals surface area contributed by atoms with Crippen molar-refractivity contribution in [3.05, 3.63) is 23.0 Å². The van der Waals surface area contributed by atoms with E-state index in [9.17, 15) is 0 Å². The highest BCUT2D eigenvalue weighted by Gasteiger charge is 2.06. The minimum atomic E-state index is 0.157. The number of aromatic amines is 1. The van der Waals surface area contributed by atoms with Gasteiger partial charge in [0, 0.05) is 12.1 Å². The number of anilines is 2. The van der Waals surface area contributed by atoms with Crippen LogP contribution in [0.2, 0.25) is 0 Å². The smallest absolute Gasteiger partial charge is 0.225 e. The third-order valence-corrected chi connectivity index (χ3v) is 2.42. The highest BCUT2D eigenvalue weighted by Crippen LogP contribution is 2.08. The Labute approximate surface area is 98.7 Å². The van der Waals surface area contributed by atoms with E-state index in [-0.39, 0.29) is 11.9 Å². The van der Waals surface area contributed by atoms with E-state index in [0.29, 0.717) is 12.2 Å². The SMILES string of the molecule is Cc1nc(C)c(CCc2nc(N)nc(N)n2)[nH]1. The lowest BCUT2D eigenvalue weighted by Gasteiger charge is -2.01. The summed E-state index contributed by atoms with van der Waals surface area (Å²) in [5.74, 6) is 1.82. The number of nitrogens with two attached hydrogens (primary N) is 2. The van der Waals surface area contributed by atoms with Crippen molar-refractivity contribution in [3.63, 3.8) is 0 Å². The van der Waals surface area contributed by atoms with Gasteiger partial charge in [0.25, 0.3) is 0 Å². The molecule has 2 aromatic rings. The Balaban J connectivity index is 2.09. The quantitative estimate of drug-likeness (QED) is 0.694. The Kier molecular flexibility index (Phi) is 2.90. The fourth-order valence-electron chi connectivity index (χ4n) is 1.70. The van der Waals surface area contributed by atoms with Crippen LogP contribution in [0.25, 0.3) is 0 Å². The molecule has 7 nitrogen and oxygen atoms in total. The predicted molar refractivity (Wildman–Crippen MR) is 64.1 cm³/mol. The highest BCUT2D eigenvalue weighted by molar-refractivity contribution is 5.26. The summed E-state index contributed by atoms with van der Waals surface area (Å²) in [6.07, 6.45) is 1.43. The Morgan fingerprint density at radius 3 is 2.12 bits per heavy atom. The third kappa shape index (κ3) is 2.68. The van der Waals surface area contributed by atoms with E-state index in [1.807, 2.05) is 13.8 Å². The summed E-state index contributed by atoms with van der Waals surface area (Å²) in [6.45, 7) is 3.89. The summed E-state index contributed by atoms with van der Waals surface area (Å²) in [7, 11) is 0. The van der Waals surface area contributed by atoms with Crippen LogP contribution in [-0.2, 0) is 12.8 Å². The minimum absolute atomic E-state index is 0.157. The molecular weight excluding hydrogens is 218 g/mol. The van der Waals surface area contributed by atoms with Crippen LogP contribution in [-0.4, -0.2) is 24.9 Å². The number of hydrogen-bond donors (Lipinski definition) is 3. The minimum Gasteiger partial charge on any atom is -0.368 e. The monoisotopic (exact) mass is 233 g/mol. The van der Waals surface area contributed by atoms with Crippen molar-refractivity contribution >= 4 is 11.9 Å². The number of aryl methyl sites for hydroxylation is 4. The van der Waals surface area contributed by atoms with Crippen LogP contribution in [0.3, 0.4) is 0 Å². The number of rotatable bonds is 3. The molecule has 0 atom stereocenters. The van der Waals surface area contributed by atoms with E-state index in [1.165, 1.54) is 0 Å². The molecule has 2 heterocycles. The molecule has 0 saturated heterocycles. The highest BCUT2D eigenvalue weighted by atomic mass is 15.1. The predicted octanol–water partition coefficient (Wildman–Crippen LogP) is 0.161. The molecule has 0 radical (unpaired) electrons. The topological polar surface area (TPSA) is 119 Å². The fraction of sp³-hybridized carbons (Fsp3) is 0.400. The number of nitrogens with one attached hydrogen (secondary N) is 1. The number of imidazole rings is 1. The van der Waals surface area contributed by atoms with Crippen molar-refractivity contribution in [1.29, 1.82) is 0 Å². The van der Waals surface area contributed by atoms with Crippen LogP contribution < -0.4 is 11.5 Å². The van der Waals surface area contributed by atoms with Crippen molar-refractivity contribution in [2.24, 2.45) is 0 Å². The summed E-state index contributed by atoms with van der Waals surface area (Å²) in [4.78, 5) is 19.3. The van der Waals surface area contributed by atoms with Gasteiger partial charge in [-0.2, -0.15) is 15.0 Å². The second-order valence-corrected chi connectivity index (χ2v) is 3.85. The molecule has 2 aromatic heterocycles. The molecular formula is C10H15N7. The number of nitrogen functional groups attached to an aromatic ring is 2. The summed E-state index contributed by atoms with van der Waals surface area (Å²) >= 11 is 0. The molecule has 90 valence electrons. The van der Waals surface area contributed by atoms with Gasteiger partial charge in [0.2, 0.25) is 11.9 Å². The zero-order valence-corrected chi connectivity index (χ0v) is 9.86. The van der Waals surface area contributed by atoms with E-state index in [2.05, 4.69) is 24.9 Å². The maximum atomic E-state index is 5.50. The lowest BCUT2D eigenvalue weighted by Crippen LogP contribution is -2.08. The number of aromatic nitrogens is 5. The first-order valence-electron chi connectivity index (χ1n) is 5.32. The Morgan fingerprint density at radius 1 is 0.941 bits per heavy atom. The zero-order chi connectivity index (χ0) is 12.4. The second kappa shape index (κ2) is 4.36. The van der Waals surface area contributed by atoms with Gasteiger partial charge in [0.15, 0.2) is 0 Å². The van der Waals surface area contributed by atoms with Crippen LogP contribution in [0.1, 0.15) is 23.0 Å². The van der Waals surface area contributed by atoms with Crippen LogP contribution in [0.5, 0.6) is 0 Å². The molecule has 0 bridgehead atoms. The molecule has 0 spiro atoms. The lowest BCUT2D eigenvalue weighted by atomic mass is 10.2.